The van der Waals surface area contributed by atoms with Gasteiger partial charge in [-0.2, -0.15) is 5.10 Å². The maximum atomic E-state index is 10.5. The summed E-state index contributed by atoms with van der Waals surface area (Å²) in [6.45, 7) is 1.96. The van der Waals surface area contributed by atoms with E-state index in [2.05, 4.69) is 26.5 Å². The molecule has 0 bridgehead atoms. The number of hydrogen-bond acceptors (Lipinski definition) is 2. The number of carbonyl (C=O) groups is 1. The van der Waals surface area contributed by atoms with Crippen LogP contribution in [0.5, 0.6) is 0 Å². The van der Waals surface area contributed by atoms with Crippen LogP contribution in [0.15, 0.2) is 33.8 Å². The third-order valence-corrected chi connectivity index (χ3v) is 2.34. The maximum Gasteiger partial charge on any atom is 0.332 e. The molecule has 5 heteroatoms. The predicted molar refractivity (Wildman–Crippen MR) is 63.7 cm³/mol. The van der Waals surface area contributed by atoms with Crippen molar-refractivity contribution in [1.82, 2.24) is 5.43 Å². The molecule has 15 heavy (non-hydrogen) atoms. The van der Waals surface area contributed by atoms with Gasteiger partial charge in [-0.25, -0.2) is 10.2 Å². The monoisotopic (exact) mass is 269 g/mol. The van der Waals surface area contributed by atoms with Gasteiger partial charge in [0.2, 0.25) is 0 Å². The Kier molecular flexibility index (Phi) is 4.30. The smallest absolute Gasteiger partial charge is 0.332 e. The molecular formula is C10H12BrN3O. The van der Waals surface area contributed by atoms with Crippen LogP contribution in [0.3, 0.4) is 0 Å². The van der Waals surface area contributed by atoms with E-state index in [0.717, 1.165) is 22.2 Å². The quantitative estimate of drug-likeness (QED) is 0.641. The van der Waals surface area contributed by atoms with E-state index >= 15 is 0 Å². The summed E-state index contributed by atoms with van der Waals surface area (Å²) in [5, 5.41) is 3.92. The van der Waals surface area contributed by atoms with Crippen LogP contribution in [0, 0.1) is 0 Å². The minimum Gasteiger partial charge on any atom is -0.350 e. The number of nitrogens with two attached hydrogens (primary N) is 1. The molecule has 0 aliphatic carbocycles. The summed E-state index contributed by atoms with van der Waals surface area (Å²) in [6, 6.07) is 7.04. The zero-order chi connectivity index (χ0) is 11.3. The number of nitrogens with zero attached hydrogens (tertiary/aromatic N) is 1. The zero-order valence-corrected chi connectivity index (χ0v) is 9.91. The summed E-state index contributed by atoms with van der Waals surface area (Å²) >= 11 is 3.35. The lowest BCUT2D eigenvalue weighted by atomic mass is 10.1. The molecule has 80 valence electrons. The van der Waals surface area contributed by atoms with Gasteiger partial charge >= 0.3 is 6.03 Å². The summed E-state index contributed by atoms with van der Waals surface area (Å²) in [6.07, 6.45) is 0.724. The van der Waals surface area contributed by atoms with Crippen molar-refractivity contribution in [3.8, 4) is 0 Å². The van der Waals surface area contributed by atoms with Crippen molar-refractivity contribution < 1.29 is 4.79 Å². The Morgan fingerprint density at radius 3 is 2.53 bits per heavy atom. The standard InChI is InChI=1S/C10H12BrN3O/c1-2-9(13-14-10(12)15)7-3-5-8(11)6-4-7/h3-6H,2H2,1H3,(H3,12,14,15)/b13-9+. The Balaban J connectivity index is 2.87. The van der Waals surface area contributed by atoms with Gasteiger partial charge in [-0.3, -0.25) is 0 Å². The Bertz CT molecular complexity index is 373. The fourth-order valence-corrected chi connectivity index (χ4v) is 1.38. The molecule has 0 aliphatic rings. The molecule has 0 aliphatic heterocycles. The second-order valence-electron chi connectivity index (χ2n) is 2.89. The van der Waals surface area contributed by atoms with Crippen LogP contribution >= 0.6 is 15.9 Å². The van der Waals surface area contributed by atoms with Gasteiger partial charge in [0, 0.05) is 4.47 Å². The molecule has 0 aromatic heterocycles. The number of rotatable bonds is 3. The van der Waals surface area contributed by atoms with Crippen LogP contribution in [-0.2, 0) is 0 Å². The largest absolute Gasteiger partial charge is 0.350 e. The van der Waals surface area contributed by atoms with Gasteiger partial charge in [-0.15, -0.1) is 0 Å². The van der Waals surface area contributed by atoms with E-state index in [1.54, 1.807) is 0 Å². The van der Waals surface area contributed by atoms with Gasteiger partial charge in [0.15, 0.2) is 0 Å². The minimum absolute atomic E-state index is 0.655. The Hall–Kier alpha value is -1.36. The van der Waals surface area contributed by atoms with Gasteiger partial charge in [0.05, 0.1) is 5.71 Å². The molecule has 0 saturated carbocycles. The summed E-state index contributed by atoms with van der Waals surface area (Å²) in [4.78, 5) is 10.5. The number of amides is 2. The summed E-state index contributed by atoms with van der Waals surface area (Å²) < 4.78 is 1.00. The van der Waals surface area contributed by atoms with Crippen molar-refractivity contribution in [1.29, 1.82) is 0 Å². The first-order valence-electron chi connectivity index (χ1n) is 4.51. The molecule has 0 heterocycles. The van der Waals surface area contributed by atoms with Crippen LogP contribution in [0.1, 0.15) is 18.9 Å². The van der Waals surface area contributed by atoms with Gasteiger partial charge in [0.1, 0.15) is 0 Å². The number of nitrogens with one attached hydrogen (secondary N) is 1. The van der Waals surface area contributed by atoms with Crippen LogP contribution in [0.2, 0.25) is 0 Å². The third-order valence-electron chi connectivity index (χ3n) is 1.81. The molecule has 1 rings (SSSR count). The topological polar surface area (TPSA) is 67.5 Å². The minimum atomic E-state index is -0.655. The molecule has 0 radical (unpaired) electrons. The van der Waals surface area contributed by atoms with E-state index in [-0.39, 0.29) is 0 Å². The Morgan fingerprint density at radius 1 is 1.47 bits per heavy atom. The lowest BCUT2D eigenvalue weighted by molar-refractivity contribution is 0.249. The second kappa shape index (κ2) is 5.50. The van der Waals surface area contributed by atoms with Crippen LogP contribution in [-0.4, -0.2) is 11.7 Å². The first-order valence-corrected chi connectivity index (χ1v) is 5.30. The molecule has 0 atom stereocenters. The molecule has 1 aromatic rings. The zero-order valence-electron chi connectivity index (χ0n) is 8.33. The number of primary amides is 1. The van der Waals surface area contributed by atoms with Gasteiger partial charge in [-0.1, -0.05) is 35.0 Å². The average molecular weight is 270 g/mol. The van der Waals surface area contributed by atoms with Gasteiger partial charge in [-0.05, 0) is 24.1 Å². The highest BCUT2D eigenvalue weighted by atomic mass is 79.9. The van der Waals surface area contributed by atoms with Gasteiger partial charge in [0.25, 0.3) is 0 Å². The van der Waals surface area contributed by atoms with E-state index in [0.29, 0.717) is 0 Å². The van der Waals surface area contributed by atoms with E-state index in [1.807, 2.05) is 31.2 Å². The Labute approximate surface area is 96.7 Å². The fourth-order valence-electron chi connectivity index (χ4n) is 1.11. The average Bonchev–Trinajstić information content (AvgIpc) is 2.21. The van der Waals surface area contributed by atoms with Crippen molar-refractivity contribution in [3.63, 3.8) is 0 Å². The molecule has 0 fully saturated rings. The number of hydrogen-bond donors (Lipinski definition) is 2. The molecule has 0 saturated heterocycles. The number of benzene rings is 1. The predicted octanol–water partition coefficient (Wildman–Crippen LogP) is 2.23. The molecule has 3 N–H and O–H groups in total. The maximum absolute atomic E-state index is 10.5. The fraction of sp³-hybridized carbons (Fsp3) is 0.200. The van der Waals surface area contributed by atoms with Crippen LogP contribution < -0.4 is 11.2 Å². The second-order valence-corrected chi connectivity index (χ2v) is 3.81. The van der Waals surface area contributed by atoms with E-state index in [9.17, 15) is 4.79 Å². The first kappa shape index (κ1) is 11.7. The van der Waals surface area contributed by atoms with E-state index in [1.165, 1.54) is 0 Å². The van der Waals surface area contributed by atoms with Gasteiger partial charge < -0.3 is 5.73 Å². The molecule has 2 amide bonds. The van der Waals surface area contributed by atoms with E-state index in [4.69, 9.17) is 5.73 Å². The number of halogens is 1. The van der Waals surface area contributed by atoms with Crippen molar-refractivity contribution >= 4 is 27.7 Å². The molecule has 0 spiro atoms. The molecule has 4 nitrogen and oxygen atoms in total. The number of urea groups is 1. The molecule has 1 aromatic carbocycles. The number of hydrazone groups is 1. The van der Waals surface area contributed by atoms with Crippen molar-refractivity contribution in [2.45, 2.75) is 13.3 Å². The summed E-state index contributed by atoms with van der Waals surface area (Å²) in [5.74, 6) is 0. The van der Waals surface area contributed by atoms with Crippen LogP contribution in [0.4, 0.5) is 4.79 Å². The highest BCUT2D eigenvalue weighted by molar-refractivity contribution is 9.10. The number of carbonyl (C=O) groups excluding carboxylic acids is 1. The first-order chi connectivity index (χ1) is 7.13. The SMILES string of the molecule is CC/C(=N\NC(N)=O)c1ccc(Br)cc1. The molecular weight excluding hydrogens is 258 g/mol. The highest BCUT2D eigenvalue weighted by Gasteiger charge is 2.01. The Morgan fingerprint density at radius 2 is 2.07 bits per heavy atom. The molecule has 0 unspecified atom stereocenters. The van der Waals surface area contributed by atoms with Crippen molar-refractivity contribution in [2.24, 2.45) is 10.8 Å². The van der Waals surface area contributed by atoms with Crippen molar-refractivity contribution in [2.75, 3.05) is 0 Å². The summed E-state index contributed by atoms with van der Waals surface area (Å²) in [5.41, 5.74) is 8.92. The lowest BCUT2D eigenvalue weighted by Crippen LogP contribution is -2.25. The lowest BCUT2D eigenvalue weighted by Gasteiger charge is -2.03. The summed E-state index contributed by atoms with van der Waals surface area (Å²) in [7, 11) is 0. The normalized spacial score (nSPS) is 11.2. The third kappa shape index (κ3) is 3.71. The highest BCUT2D eigenvalue weighted by Crippen LogP contribution is 2.12. The van der Waals surface area contributed by atoms with Crippen molar-refractivity contribution in [3.05, 3.63) is 34.3 Å². The van der Waals surface area contributed by atoms with E-state index < -0.39 is 6.03 Å². The van der Waals surface area contributed by atoms with Crippen LogP contribution in [0.25, 0.3) is 0 Å².